The number of carbonyl (C=O) groups is 1. The zero-order valence-electron chi connectivity index (χ0n) is 10.6. The molecule has 4 N–H and O–H groups in total. The van der Waals surface area contributed by atoms with Crippen LogP contribution in [-0.2, 0) is 19.4 Å². The number of alkyl halides is 1. The van der Waals surface area contributed by atoms with E-state index in [1.165, 1.54) is 4.68 Å². The number of anilines is 1. The molecular weight excluding hydrogens is 263 g/mol. The molecule has 1 aliphatic rings. The Bertz CT molecular complexity index is 695. The van der Waals surface area contributed by atoms with E-state index in [2.05, 4.69) is 15.1 Å². The van der Waals surface area contributed by atoms with Crippen LogP contribution >= 0.6 is 0 Å². The smallest absolute Gasteiger partial charge is 0.269 e. The van der Waals surface area contributed by atoms with Gasteiger partial charge in [-0.1, -0.05) is 0 Å². The molecule has 104 valence electrons. The van der Waals surface area contributed by atoms with Crippen molar-refractivity contribution < 1.29 is 9.18 Å². The van der Waals surface area contributed by atoms with Gasteiger partial charge in [0.15, 0.2) is 5.69 Å². The molecule has 3 rings (SSSR count). The van der Waals surface area contributed by atoms with Crippen LogP contribution in [0.15, 0.2) is 6.20 Å². The fourth-order valence-electron chi connectivity index (χ4n) is 2.51. The molecule has 20 heavy (non-hydrogen) atoms. The lowest BCUT2D eigenvalue weighted by Crippen LogP contribution is -2.16. The first-order valence-electron chi connectivity index (χ1n) is 6.19. The Labute approximate surface area is 113 Å². The molecule has 2 aromatic rings. The van der Waals surface area contributed by atoms with Crippen LogP contribution in [0, 0.1) is 0 Å². The molecule has 0 saturated heterocycles. The molecule has 0 unspecified atom stereocenters. The van der Waals surface area contributed by atoms with Crippen molar-refractivity contribution in [3.63, 3.8) is 0 Å². The van der Waals surface area contributed by atoms with Gasteiger partial charge in [0.2, 0.25) is 5.95 Å². The van der Waals surface area contributed by atoms with Gasteiger partial charge < -0.3 is 11.5 Å². The molecule has 0 spiro atoms. The zero-order valence-corrected chi connectivity index (χ0v) is 10.6. The number of halogens is 1. The van der Waals surface area contributed by atoms with Crippen LogP contribution in [0.4, 0.5) is 10.3 Å². The number of aromatic nitrogens is 4. The quantitative estimate of drug-likeness (QED) is 0.824. The molecule has 0 radical (unpaired) electrons. The first-order valence-corrected chi connectivity index (χ1v) is 6.19. The van der Waals surface area contributed by atoms with E-state index in [4.69, 9.17) is 11.5 Å². The molecule has 0 bridgehead atoms. The van der Waals surface area contributed by atoms with E-state index in [9.17, 15) is 9.18 Å². The summed E-state index contributed by atoms with van der Waals surface area (Å²) >= 11 is 0. The second kappa shape index (κ2) is 4.55. The maximum Gasteiger partial charge on any atom is 0.269 e. The van der Waals surface area contributed by atoms with Crippen LogP contribution in [0.1, 0.15) is 21.6 Å². The third kappa shape index (κ3) is 1.80. The number of rotatable bonds is 3. The van der Waals surface area contributed by atoms with Crippen LogP contribution in [0.3, 0.4) is 0 Å². The summed E-state index contributed by atoms with van der Waals surface area (Å²) in [6, 6.07) is 0. The van der Waals surface area contributed by atoms with E-state index < -0.39 is 12.6 Å². The highest BCUT2D eigenvalue weighted by molar-refractivity contribution is 5.94. The average Bonchev–Trinajstić information content (AvgIpc) is 2.78. The first kappa shape index (κ1) is 12.5. The Hall–Kier alpha value is -2.51. The molecule has 0 aliphatic heterocycles. The van der Waals surface area contributed by atoms with E-state index in [0.29, 0.717) is 29.8 Å². The maximum absolute atomic E-state index is 12.7. The minimum absolute atomic E-state index is 0.0406. The summed E-state index contributed by atoms with van der Waals surface area (Å²) < 4.78 is 14.1. The molecular formula is C12H13FN6O. The van der Waals surface area contributed by atoms with Gasteiger partial charge >= 0.3 is 0 Å². The second-order valence-electron chi connectivity index (χ2n) is 4.55. The standard InChI is InChI=1S/C12H13FN6O/c13-3-4-19-10-7(9(18-19)11(14)20)2-1-6-5-16-12(15)17-8(6)10/h5H,1-4H2,(H2,14,20)(H2,15,16,17). The summed E-state index contributed by atoms with van der Waals surface area (Å²) in [6.07, 6.45) is 2.92. The van der Waals surface area contributed by atoms with E-state index in [-0.39, 0.29) is 18.2 Å². The Morgan fingerprint density at radius 1 is 1.45 bits per heavy atom. The first-order chi connectivity index (χ1) is 9.61. The number of primary amides is 1. The van der Waals surface area contributed by atoms with Crippen molar-refractivity contribution in [2.75, 3.05) is 12.4 Å². The third-order valence-corrected chi connectivity index (χ3v) is 3.33. The van der Waals surface area contributed by atoms with Crippen LogP contribution < -0.4 is 11.5 Å². The predicted octanol–water partition coefficient (Wildman–Crippen LogP) is 0.0893. The zero-order chi connectivity index (χ0) is 14.3. The number of hydrogen-bond donors (Lipinski definition) is 2. The van der Waals surface area contributed by atoms with Crippen LogP contribution in [-0.4, -0.2) is 32.3 Å². The number of nitrogen functional groups attached to an aromatic ring is 1. The van der Waals surface area contributed by atoms with Crippen molar-refractivity contribution in [1.82, 2.24) is 19.7 Å². The molecule has 0 fully saturated rings. The Kier molecular flexibility index (Phi) is 2.85. The van der Waals surface area contributed by atoms with Crippen molar-refractivity contribution in [2.45, 2.75) is 19.4 Å². The van der Waals surface area contributed by atoms with Gasteiger partial charge in [0.05, 0.1) is 17.9 Å². The van der Waals surface area contributed by atoms with Gasteiger partial charge in [0.1, 0.15) is 6.67 Å². The van der Waals surface area contributed by atoms with Gasteiger partial charge in [-0.15, -0.1) is 0 Å². The van der Waals surface area contributed by atoms with Gasteiger partial charge in [-0.2, -0.15) is 5.10 Å². The highest BCUT2D eigenvalue weighted by Gasteiger charge is 2.28. The lowest BCUT2D eigenvalue weighted by atomic mass is 9.93. The summed E-state index contributed by atoms with van der Waals surface area (Å²) in [4.78, 5) is 19.6. The fourth-order valence-corrected chi connectivity index (χ4v) is 2.51. The molecule has 1 amide bonds. The molecule has 2 heterocycles. The molecule has 2 aromatic heterocycles. The molecule has 0 atom stereocenters. The summed E-state index contributed by atoms with van der Waals surface area (Å²) in [7, 11) is 0. The average molecular weight is 276 g/mol. The maximum atomic E-state index is 12.7. The number of hydrogen-bond acceptors (Lipinski definition) is 5. The second-order valence-corrected chi connectivity index (χ2v) is 4.55. The number of fused-ring (bicyclic) bond motifs is 3. The van der Waals surface area contributed by atoms with Crippen molar-refractivity contribution in [1.29, 1.82) is 0 Å². The SMILES string of the molecule is NC(=O)c1nn(CCF)c2c1CCc1cnc(N)nc1-2. The van der Waals surface area contributed by atoms with Gasteiger partial charge in [-0.3, -0.25) is 9.48 Å². The summed E-state index contributed by atoms with van der Waals surface area (Å²) in [5, 5.41) is 4.11. The van der Waals surface area contributed by atoms with E-state index in [1.807, 2.05) is 0 Å². The van der Waals surface area contributed by atoms with Crippen molar-refractivity contribution in [3.8, 4) is 11.4 Å². The van der Waals surface area contributed by atoms with Gasteiger partial charge in [-0.25, -0.2) is 14.4 Å². The van der Waals surface area contributed by atoms with Crippen molar-refractivity contribution >= 4 is 11.9 Å². The summed E-state index contributed by atoms with van der Waals surface area (Å²) in [5.41, 5.74) is 14.0. The number of amides is 1. The molecule has 8 heteroatoms. The molecule has 1 aliphatic carbocycles. The molecule has 0 saturated carbocycles. The monoisotopic (exact) mass is 276 g/mol. The van der Waals surface area contributed by atoms with E-state index >= 15 is 0 Å². The number of nitrogens with two attached hydrogens (primary N) is 2. The number of nitrogens with zero attached hydrogens (tertiary/aromatic N) is 4. The van der Waals surface area contributed by atoms with Crippen LogP contribution in [0.5, 0.6) is 0 Å². The number of aryl methyl sites for hydroxylation is 2. The van der Waals surface area contributed by atoms with Gasteiger partial charge in [0.25, 0.3) is 5.91 Å². The summed E-state index contributed by atoms with van der Waals surface area (Å²) in [5.74, 6) is -0.491. The van der Waals surface area contributed by atoms with Crippen molar-refractivity contribution in [2.24, 2.45) is 5.73 Å². The van der Waals surface area contributed by atoms with Gasteiger partial charge in [0, 0.05) is 11.8 Å². The van der Waals surface area contributed by atoms with Crippen LogP contribution in [0.2, 0.25) is 0 Å². The minimum Gasteiger partial charge on any atom is -0.368 e. The van der Waals surface area contributed by atoms with E-state index in [0.717, 1.165) is 5.56 Å². The highest BCUT2D eigenvalue weighted by atomic mass is 19.1. The third-order valence-electron chi connectivity index (χ3n) is 3.33. The topological polar surface area (TPSA) is 113 Å². The highest BCUT2D eigenvalue weighted by Crippen LogP contribution is 2.33. The van der Waals surface area contributed by atoms with Crippen molar-refractivity contribution in [3.05, 3.63) is 23.0 Å². The minimum atomic E-state index is -0.621. The normalized spacial score (nSPS) is 12.8. The summed E-state index contributed by atoms with van der Waals surface area (Å²) in [6.45, 7) is -0.554. The molecule has 0 aromatic carbocycles. The van der Waals surface area contributed by atoms with E-state index in [1.54, 1.807) is 6.20 Å². The Morgan fingerprint density at radius 3 is 2.95 bits per heavy atom. The fraction of sp³-hybridized carbons (Fsp3) is 0.333. The molecule has 7 nitrogen and oxygen atoms in total. The van der Waals surface area contributed by atoms with Gasteiger partial charge in [-0.05, 0) is 18.4 Å². The van der Waals surface area contributed by atoms with Crippen LogP contribution in [0.25, 0.3) is 11.4 Å². The Morgan fingerprint density at radius 2 is 2.25 bits per heavy atom. The number of carbonyl (C=O) groups excluding carboxylic acids is 1. The predicted molar refractivity (Wildman–Crippen MR) is 69.6 cm³/mol. The lowest BCUT2D eigenvalue weighted by molar-refractivity contribution is 0.0993. The lowest BCUT2D eigenvalue weighted by Gasteiger charge is -2.17. The largest absolute Gasteiger partial charge is 0.368 e. The Balaban J connectivity index is 2.26.